The minimum absolute atomic E-state index is 0.122. The average Bonchev–Trinajstić information content (AvgIpc) is 4.09. The molecule has 4 heterocycles. The van der Waals surface area contributed by atoms with Crippen LogP contribution in [0.25, 0.3) is 33.6 Å². The Bertz CT molecular complexity index is 2150. The molecule has 14 nitrogen and oxygen atoms in total. The fraction of sp³-hybridized carbons (Fsp3) is 0.533. The Morgan fingerprint density at radius 1 is 0.754 bits per heavy atom. The number of aromatic amines is 2. The number of likely N-dealkylation sites (tertiary alicyclic amines) is 2. The van der Waals surface area contributed by atoms with Crippen LogP contribution in [0.15, 0.2) is 60.9 Å². The van der Waals surface area contributed by atoms with Gasteiger partial charge in [0.2, 0.25) is 24.2 Å². The summed E-state index contributed by atoms with van der Waals surface area (Å²) in [6.45, 7) is 8.10. The van der Waals surface area contributed by atoms with Crippen LogP contribution in [-0.4, -0.2) is 103 Å². The lowest BCUT2D eigenvalue weighted by Gasteiger charge is -2.47. The Balaban J connectivity index is 1.05. The van der Waals surface area contributed by atoms with E-state index in [9.17, 15) is 28.3 Å². The van der Waals surface area contributed by atoms with E-state index in [0.29, 0.717) is 31.0 Å². The number of aliphatic hydroxyl groups excluding tert-OH is 1. The van der Waals surface area contributed by atoms with E-state index in [1.165, 1.54) is 14.2 Å². The molecule has 328 valence electrons. The van der Waals surface area contributed by atoms with Gasteiger partial charge in [0.1, 0.15) is 17.7 Å². The van der Waals surface area contributed by atoms with Crippen molar-refractivity contribution in [3.05, 3.63) is 72.6 Å². The summed E-state index contributed by atoms with van der Waals surface area (Å²) in [5.74, 6) is -2.22. The molecular weight excluding hydrogens is 787 g/mol. The molecule has 16 heteroatoms. The number of methoxy groups -OCH3 is 2. The number of nitrogens with one attached hydrogen (secondary N) is 4. The number of aliphatic hydroxyl groups is 1. The predicted octanol–water partition coefficient (Wildman–Crippen LogP) is 7.33. The van der Waals surface area contributed by atoms with Crippen molar-refractivity contribution in [2.45, 2.75) is 121 Å². The van der Waals surface area contributed by atoms with E-state index in [1.807, 2.05) is 76.2 Å². The van der Waals surface area contributed by atoms with Gasteiger partial charge in [-0.15, -0.1) is 0 Å². The standard InChI is InChI=1S/C45H58F2N8O6/c1-26(2)36(52-42(58)60-5)40(56)54-23-7-8-34(54)38-48-24-32(50-38)30-13-9-28(10-14-30)29-11-15-31(16-12-29)33-25-49-39(51-33)35-17-18-44(19-21-45(46,47)22-20-44)55(35)41(57)37(27(3)4)53-43(59)61-6/h9-16,24-27,34-37,43,53,59H,7-8,17-23H2,1-6H3,(H,48,50)(H,49,51)(H,52,58). The number of imidazole rings is 2. The summed E-state index contributed by atoms with van der Waals surface area (Å²) in [5, 5.41) is 15.8. The normalized spacial score (nSPS) is 21.2. The van der Waals surface area contributed by atoms with Gasteiger partial charge in [-0.05, 0) is 72.6 Å². The second-order valence-electron chi connectivity index (χ2n) is 17.4. The Morgan fingerprint density at radius 3 is 1.79 bits per heavy atom. The van der Waals surface area contributed by atoms with Crippen LogP contribution in [0, 0.1) is 11.8 Å². The molecule has 1 saturated carbocycles. The molecule has 4 aromatic rings. The molecule has 61 heavy (non-hydrogen) atoms. The van der Waals surface area contributed by atoms with Gasteiger partial charge in [0, 0.05) is 32.0 Å². The summed E-state index contributed by atoms with van der Waals surface area (Å²) in [5.41, 5.74) is 4.73. The first kappa shape index (κ1) is 43.9. The van der Waals surface area contributed by atoms with Gasteiger partial charge >= 0.3 is 6.09 Å². The molecule has 1 spiro atoms. The van der Waals surface area contributed by atoms with Crippen molar-refractivity contribution in [1.29, 1.82) is 0 Å². The van der Waals surface area contributed by atoms with Crippen LogP contribution in [0.4, 0.5) is 13.6 Å². The first-order valence-corrected chi connectivity index (χ1v) is 21.3. The van der Waals surface area contributed by atoms with E-state index in [1.54, 1.807) is 22.2 Å². The van der Waals surface area contributed by atoms with Gasteiger partial charge in [0.05, 0.1) is 49.0 Å². The second-order valence-corrected chi connectivity index (χ2v) is 17.4. The highest BCUT2D eigenvalue weighted by molar-refractivity contribution is 5.86. The average molecular weight is 845 g/mol. The lowest BCUT2D eigenvalue weighted by Crippen LogP contribution is -2.59. The third-order valence-corrected chi connectivity index (χ3v) is 12.8. The van der Waals surface area contributed by atoms with Crippen molar-refractivity contribution in [3.8, 4) is 33.6 Å². The number of rotatable bonds is 13. The maximum absolute atomic E-state index is 14.5. The molecule has 5 N–H and O–H groups in total. The number of ether oxygens (including phenoxy) is 2. The minimum atomic E-state index is -2.76. The number of aromatic nitrogens is 4. The Hall–Kier alpha value is -5.19. The number of hydrogen-bond donors (Lipinski definition) is 5. The predicted molar refractivity (Wildman–Crippen MR) is 225 cm³/mol. The van der Waals surface area contributed by atoms with Crippen LogP contribution in [0.2, 0.25) is 0 Å². The zero-order chi connectivity index (χ0) is 43.6. The number of nitrogens with zero attached hydrogens (tertiary/aromatic N) is 4. The Kier molecular flexibility index (Phi) is 13.0. The molecule has 5 unspecified atom stereocenters. The summed E-state index contributed by atoms with van der Waals surface area (Å²) in [6, 6.07) is 14.0. The topological polar surface area (TPSA) is 178 Å². The van der Waals surface area contributed by atoms with Crippen LogP contribution in [0.3, 0.4) is 0 Å². The van der Waals surface area contributed by atoms with Crippen LogP contribution < -0.4 is 10.6 Å². The molecule has 2 aliphatic heterocycles. The van der Waals surface area contributed by atoms with Crippen molar-refractivity contribution in [1.82, 2.24) is 40.4 Å². The number of hydrogen-bond acceptors (Lipinski definition) is 9. The van der Waals surface area contributed by atoms with E-state index in [-0.39, 0.29) is 55.4 Å². The van der Waals surface area contributed by atoms with Crippen LogP contribution in [0.1, 0.15) is 103 Å². The number of alkyl halides is 2. The van der Waals surface area contributed by atoms with E-state index < -0.39 is 42.1 Å². The van der Waals surface area contributed by atoms with Crippen LogP contribution in [-0.2, 0) is 19.1 Å². The van der Waals surface area contributed by atoms with Gasteiger partial charge in [-0.3, -0.25) is 14.9 Å². The highest BCUT2D eigenvalue weighted by Gasteiger charge is 2.55. The number of benzene rings is 2. The molecule has 3 aliphatic rings. The lowest BCUT2D eigenvalue weighted by atomic mass is 9.77. The highest BCUT2D eigenvalue weighted by Crippen LogP contribution is 2.52. The zero-order valence-corrected chi connectivity index (χ0v) is 35.7. The van der Waals surface area contributed by atoms with Crippen molar-refractivity contribution in [3.63, 3.8) is 0 Å². The third kappa shape index (κ3) is 9.21. The molecule has 2 saturated heterocycles. The van der Waals surface area contributed by atoms with Crippen molar-refractivity contribution >= 4 is 17.9 Å². The maximum atomic E-state index is 14.5. The van der Waals surface area contributed by atoms with Crippen molar-refractivity contribution in [2.75, 3.05) is 20.8 Å². The summed E-state index contributed by atoms with van der Waals surface area (Å²) in [6.07, 6.45) is 4.09. The first-order chi connectivity index (χ1) is 29.1. The molecule has 2 aromatic carbocycles. The highest BCUT2D eigenvalue weighted by atomic mass is 19.3. The molecule has 5 atom stereocenters. The lowest BCUT2D eigenvalue weighted by molar-refractivity contribution is -0.155. The van der Waals surface area contributed by atoms with Crippen LogP contribution >= 0.6 is 0 Å². The van der Waals surface area contributed by atoms with Gasteiger partial charge in [0.25, 0.3) is 0 Å². The maximum Gasteiger partial charge on any atom is 0.407 e. The molecule has 0 radical (unpaired) electrons. The Morgan fingerprint density at radius 2 is 1.28 bits per heavy atom. The van der Waals surface area contributed by atoms with Crippen molar-refractivity contribution < 1.29 is 37.7 Å². The number of carbonyl (C=O) groups excluding carboxylic acids is 3. The molecule has 3 fully saturated rings. The number of carbonyl (C=O) groups is 3. The quantitative estimate of drug-likeness (QED) is 0.0863. The number of amides is 3. The molecular formula is C45H58F2N8O6. The first-order valence-electron chi connectivity index (χ1n) is 21.3. The summed E-state index contributed by atoms with van der Waals surface area (Å²) in [4.78, 5) is 59.8. The molecule has 2 aromatic heterocycles. The van der Waals surface area contributed by atoms with Gasteiger partial charge in [-0.1, -0.05) is 76.2 Å². The fourth-order valence-corrected chi connectivity index (χ4v) is 9.31. The SMILES string of the molecule is COC(=O)NC(C(=O)N1CCCC1c1ncc(-c2ccc(-c3ccc(-c4cnc(C5CCC6(CCC(F)(F)CC6)N5C(=O)C(NC(O)OC)C(C)C)[nH]4)cc3)cc2)[nH]1)C(C)C. The van der Waals surface area contributed by atoms with E-state index in [4.69, 9.17) is 14.5 Å². The molecule has 0 bridgehead atoms. The minimum Gasteiger partial charge on any atom is -0.453 e. The third-order valence-electron chi connectivity index (χ3n) is 12.8. The van der Waals surface area contributed by atoms with E-state index in [0.717, 1.165) is 46.5 Å². The fourth-order valence-electron chi connectivity index (χ4n) is 9.31. The zero-order valence-electron chi connectivity index (χ0n) is 35.7. The van der Waals surface area contributed by atoms with E-state index >= 15 is 0 Å². The summed E-state index contributed by atoms with van der Waals surface area (Å²) >= 11 is 0. The monoisotopic (exact) mass is 844 g/mol. The van der Waals surface area contributed by atoms with Gasteiger partial charge in [0.15, 0.2) is 0 Å². The van der Waals surface area contributed by atoms with Gasteiger partial charge in [-0.2, -0.15) is 0 Å². The smallest absolute Gasteiger partial charge is 0.407 e. The molecule has 1 aliphatic carbocycles. The van der Waals surface area contributed by atoms with Gasteiger partial charge < -0.3 is 39.7 Å². The summed E-state index contributed by atoms with van der Waals surface area (Å²) in [7, 11) is 2.62. The second kappa shape index (κ2) is 18.0. The van der Waals surface area contributed by atoms with Crippen LogP contribution in [0.5, 0.6) is 0 Å². The summed E-state index contributed by atoms with van der Waals surface area (Å²) < 4.78 is 38.7. The largest absolute Gasteiger partial charge is 0.453 e. The molecule has 3 amide bonds. The number of H-pyrrole nitrogens is 2. The van der Waals surface area contributed by atoms with Crippen molar-refractivity contribution in [2.24, 2.45) is 11.8 Å². The number of alkyl carbamates (subject to hydrolysis) is 1. The Labute approximate surface area is 355 Å². The van der Waals surface area contributed by atoms with Gasteiger partial charge in [-0.25, -0.2) is 23.5 Å². The molecule has 7 rings (SSSR count). The number of halogens is 2. The van der Waals surface area contributed by atoms with E-state index in [2.05, 4.69) is 25.6 Å².